The van der Waals surface area contributed by atoms with E-state index in [0.717, 1.165) is 33.6 Å². The van der Waals surface area contributed by atoms with Gasteiger partial charge in [-0.25, -0.2) is 4.98 Å². The van der Waals surface area contributed by atoms with Gasteiger partial charge in [0.05, 0.1) is 18.4 Å². The van der Waals surface area contributed by atoms with Crippen molar-refractivity contribution in [1.82, 2.24) is 29.5 Å². The molecule has 1 unspecified atom stereocenters. The maximum absolute atomic E-state index is 10.9. The number of aromatic amines is 1. The molecule has 134 valence electrons. The average Bonchev–Trinajstić information content (AvgIpc) is 3.33. The zero-order valence-corrected chi connectivity index (χ0v) is 14.7. The summed E-state index contributed by atoms with van der Waals surface area (Å²) >= 11 is 0. The van der Waals surface area contributed by atoms with Gasteiger partial charge in [0.1, 0.15) is 5.65 Å². The molecule has 27 heavy (non-hydrogen) atoms. The van der Waals surface area contributed by atoms with Gasteiger partial charge in [0.15, 0.2) is 6.23 Å². The molecule has 0 spiro atoms. The van der Waals surface area contributed by atoms with Crippen LogP contribution in [0.3, 0.4) is 0 Å². The first-order valence-electron chi connectivity index (χ1n) is 8.72. The van der Waals surface area contributed by atoms with Gasteiger partial charge in [-0.1, -0.05) is 6.07 Å². The Hall–Kier alpha value is -3.45. The lowest BCUT2D eigenvalue weighted by Crippen LogP contribution is -2.26. The summed E-state index contributed by atoms with van der Waals surface area (Å²) in [5.74, 6) is 0. The van der Waals surface area contributed by atoms with E-state index in [0.29, 0.717) is 6.54 Å². The second kappa shape index (κ2) is 6.07. The highest BCUT2D eigenvalue weighted by Crippen LogP contribution is 2.34. The van der Waals surface area contributed by atoms with E-state index in [9.17, 15) is 5.11 Å². The van der Waals surface area contributed by atoms with Crippen molar-refractivity contribution in [2.75, 3.05) is 0 Å². The normalized spacial score (nSPS) is 16.1. The number of nitrogens with zero attached hydrogens (tertiary/aromatic N) is 5. The van der Waals surface area contributed by atoms with E-state index in [4.69, 9.17) is 0 Å². The fraction of sp³-hybridized carbons (Fsp3) is 0.150. The molecule has 0 radical (unpaired) electrons. The van der Waals surface area contributed by atoms with Crippen LogP contribution < -0.4 is 0 Å². The Kier molecular flexibility index (Phi) is 3.54. The number of hydrogen-bond acceptors (Lipinski definition) is 5. The quantitative estimate of drug-likeness (QED) is 0.588. The maximum Gasteiger partial charge on any atom is 0.155 e. The van der Waals surface area contributed by atoms with E-state index in [-0.39, 0.29) is 0 Å². The van der Waals surface area contributed by atoms with Crippen molar-refractivity contribution in [2.45, 2.75) is 19.7 Å². The highest BCUT2D eigenvalue weighted by Gasteiger charge is 2.24. The van der Waals surface area contributed by atoms with Gasteiger partial charge in [-0.15, -0.1) is 0 Å². The van der Waals surface area contributed by atoms with Crippen LogP contribution in [0, 0.1) is 6.92 Å². The van der Waals surface area contributed by atoms with Crippen LogP contribution in [0.15, 0.2) is 55.5 Å². The molecule has 7 heteroatoms. The third kappa shape index (κ3) is 2.69. The minimum atomic E-state index is -0.782. The summed E-state index contributed by atoms with van der Waals surface area (Å²) in [6.07, 6.45) is 14.3. The van der Waals surface area contributed by atoms with Crippen LogP contribution >= 0.6 is 0 Å². The number of pyridine rings is 2. The van der Waals surface area contributed by atoms with Crippen molar-refractivity contribution < 1.29 is 5.11 Å². The first-order valence-corrected chi connectivity index (χ1v) is 8.72. The molecular formula is C20H18N6O. The zero-order chi connectivity index (χ0) is 18.4. The van der Waals surface area contributed by atoms with E-state index < -0.39 is 6.23 Å². The molecule has 0 aliphatic carbocycles. The first kappa shape index (κ1) is 15.8. The molecule has 5 rings (SSSR count). The fourth-order valence-electron chi connectivity index (χ4n) is 3.50. The van der Waals surface area contributed by atoms with E-state index in [1.807, 2.05) is 52.3 Å². The summed E-state index contributed by atoms with van der Waals surface area (Å²) in [6, 6.07) is 4.04. The molecule has 1 aliphatic heterocycles. The topological polar surface area (TPSA) is 82.3 Å². The van der Waals surface area contributed by atoms with Crippen LogP contribution in [0.1, 0.15) is 28.6 Å². The third-order valence-corrected chi connectivity index (χ3v) is 4.85. The monoisotopic (exact) mass is 358 g/mol. The summed E-state index contributed by atoms with van der Waals surface area (Å²) in [7, 11) is 0. The number of aromatic nitrogens is 5. The third-order valence-electron chi connectivity index (χ3n) is 4.85. The van der Waals surface area contributed by atoms with Gasteiger partial charge < -0.3 is 14.4 Å². The molecular weight excluding hydrogens is 340 g/mol. The second-order valence-corrected chi connectivity index (χ2v) is 6.74. The van der Waals surface area contributed by atoms with Gasteiger partial charge in [0.2, 0.25) is 0 Å². The fourth-order valence-corrected chi connectivity index (χ4v) is 3.50. The van der Waals surface area contributed by atoms with E-state index in [1.54, 1.807) is 18.6 Å². The number of imidazole rings is 1. The molecule has 0 aromatic carbocycles. The molecule has 4 aromatic rings. The molecule has 0 bridgehead atoms. The highest BCUT2D eigenvalue weighted by molar-refractivity contribution is 5.76. The number of hydrogen-bond donors (Lipinski definition) is 2. The van der Waals surface area contributed by atoms with Gasteiger partial charge in [-0.05, 0) is 30.2 Å². The largest absolute Gasteiger partial charge is 0.369 e. The van der Waals surface area contributed by atoms with Crippen molar-refractivity contribution in [3.63, 3.8) is 0 Å². The molecule has 1 atom stereocenters. The molecule has 0 saturated carbocycles. The van der Waals surface area contributed by atoms with Gasteiger partial charge in [-0.3, -0.25) is 10.1 Å². The van der Waals surface area contributed by atoms with Gasteiger partial charge >= 0.3 is 0 Å². The van der Waals surface area contributed by atoms with Crippen LogP contribution in [0.2, 0.25) is 0 Å². The van der Waals surface area contributed by atoms with Crippen molar-refractivity contribution in [2.24, 2.45) is 0 Å². The summed E-state index contributed by atoms with van der Waals surface area (Å²) in [4.78, 5) is 10.8. The van der Waals surface area contributed by atoms with Crippen molar-refractivity contribution in [3.05, 3.63) is 77.9 Å². The van der Waals surface area contributed by atoms with Crippen LogP contribution in [0.5, 0.6) is 0 Å². The van der Waals surface area contributed by atoms with Gasteiger partial charge in [0.25, 0.3) is 0 Å². The SMILES string of the molecule is Cc1ccc2nc(CN3C=Cc4c(-c5cn[nH]c5)cncc4C3O)cn2c1. The standard InChI is InChI=1S/C20H18N6O/c1-13-2-3-19-24-15(12-26(19)10-13)11-25-5-4-16-17(14-6-22-23-7-14)8-21-9-18(16)20(25)27/h2-10,12,20,27H,11H2,1H3,(H,22,23). The molecule has 7 nitrogen and oxygen atoms in total. The van der Waals surface area contributed by atoms with Gasteiger partial charge in [-0.2, -0.15) is 5.10 Å². The number of aliphatic hydroxyl groups is 1. The minimum absolute atomic E-state index is 0.508. The van der Waals surface area contributed by atoms with E-state index >= 15 is 0 Å². The summed E-state index contributed by atoms with van der Waals surface area (Å²) in [5.41, 5.74) is 6.59. The Balaban J connectivity index is 1.47. The summed E-state index contributed by atoms with van der Waals surface area (Å²) in [5, 5.41) is 17.7. The van der Waals surface area contributed by atoms with Gasteiger partial charge in [0, 0.05) is 53.9 Å². The van der Waals surface area contributed by atoms with Crippen LogP contribution in [-0.2, 0) is 6.54 Å². The van der Waals surface area contributed by atoms with Crippen LogP contribution in [0.4, 0.5) is 0 Å². The minimum Gasteiger partial charge on any atom is -0.369 e. The van der Waals surface area contributed by atoms with Crippen molar-refractivity contribution in [1.29, 1.82) is 0 Å². The molecule has 2 N–H and O–H groups in total. The molecule has 5 heterocycles. The molecule has 4 aromatic heterocycles. The highest BCUT2D eigenvalue weighted by atomic mass is 16.3. The van der Waals surface area contributed by atoms with E-state index in [1.165, 1.54) is 5.56 Å². The number of rotatable bonds is 3. The lowest BCUT2D eigenvalue weighted by Gasteiger charge is -2.31. The number of aliphatic hydroxyl groups excluding tert-OH is 1. The number of nitrogens with one attached hydrogen (secondary N) is 1. The number of fused-ring (bicyclic) bond motifs is 2. The number of H-pyrrole nitrogens is 1. The van der Waals surface area contributed by atoms with E-state index in [2.05, 4.69) is 27.1 Å². The molecule has 0 saturated heterocycles. The summed E-state index contributed by atoms with van der Waals surface area (Å²) < 4.78 is 2.01. The molecule has 0 amide bonds. The lowest BCUT2D eigenvalue weighted by molar-refractivity contribution is 0.0287. The Morgan fingerprint density at radius 2 is 2.11 bits per heavy atom. The second-order valence-electron chi connectivity index (χ2n) is 6.74. The van der Waals surface area contributed by atoms with Crippen molar-refractivity contribution >= 4 is 11.7 Å². The van der Waals surface area contributed by atoms with Crippen molar-refractivity contribution in [3.8, 4) is 11.1 Å². The Labute approximate surface area is 155 Å². The lowest BCUT2D eigenvalue weighted by atomic mass is 9.97. The summed E-state index contributed by atoms with van der Waals surface area (Å²) in [6.45, 7) is 2.56. The first-order chi connectivity index (χ1) is 13.2. The van der Waals surface area contributed by atoms with Crippen LogP contribution in [-0.4, -0.2) is 34.6 Å². The zero-order valence-electron chi connectivity index (χ0n) is 14.7. The Morgan fingerprint density at radius 1 is 1.19 bits per heavy atom. The smallest absolute Gasteiger partial charge is 0.155 e. The average molecular weight is 358 g/mol. The van der Waals surface area contributed by atoms with Crippen LogP contribution in [0.25, 0.3) is 22.9 Å². The molecule has 0 fully saturated rings. The Bertz CT molecular complexity index is 1140. The maximum atomic E-state index is 10.9. The Morgan fingerprint density at radius 3 is 2.96 bits per heavy atom. The predicted octanol–water partition coefficient (Wildman–Crippen LogP) is 2.91. The predicted molar refractivity (Wildman–Crippen MR) is 101 cm³/mol. The number of aryl methyl sites for hydroxylation is 1. The molecule has 1 aliphatic rings.